The zero-order valence-electron chi connectivity index (χ0n) is 22.9. The molecule has 4 aromatic carbocycles. The number of aryl methyl sites for hydroxylation is 1. The second kappa shape index (κ2) is 9.67. The molecule has 8 heteroatoms. The number of imide groups is 1. The van der Waals surface area contributed by atoms with Crippen LogP contribution in [-0.4, -0.2) is 31.0 Å². The molecule has 1 aliphatic heterocycles. The SMILES string of the molecule is COc1cccc(C(=O)N/N=C\C23c4ccccc4C(c4ccccc42)[C@@H]2C(=O)N(c4ccc(C)c(Cl)c4)C(=O)[C@@H]23)c1. The van der Waals surface area contributed by atoms with Crippen molar-refractivity contribution in [3.63, 3.8) is 0 Å². The number of hydrogen-bond acceptors (Lipinski definition) is 5. The molecule has 1 fully saturated rings. The second-order valence-electron chi connectivity index (χ2n) is 10.9. The van der Waals surface area contributed by atoms with Gasteiger partial charge in [-0.25, -0.2) is 10.3 Å². The first-order valence-corrected chi connectivity index (χ1v) is 14.1. The molecule has 2 atom stereocenters. The molecule has 1 N–H and O–H groups in total. The van der Waals surface area contributed by atoms with Gasteiger partial charge in [0.25, 0.3) is 5.91 Å². The molecule has 0 unspecified atom stereocenters. The number of benzene rings is 4. The van der Waals surface area contributed by atoms with Crippen molar-refractivity contribution in [2.45, 2.75) is 18.3 Å². The lowest BCUT2D eigenvalue weighted by atomic mass is 9.47. The molecule has 1 saturated heterocycles. The van der Waals surface area contributed by atoms with Crippen LogP contribution in [0, 0.1) is 18.8 Å². The summed E-state index contributed by atoms with van der Waals surface area (Å²) < 4.78 is 5.25. The summed E-state index contributed by atoms with van der Waals surface area (Å²) in [5, 5.41) is 4.95. The zero-order chi connectivity index (χ0) is 29.2. The molecule has 4 aliphatic rings. The van der Waals surface area contributed by atoms with E-state index in [9.17, 15) is 14.4 Å². The van der Waals surface area contributed by atoms with Crippen LogP contribution in [0.2, 0.25) is 5.02 Å². The maximum atomic E-state index is 14.4. The molecule has 7 nitrogen and oxygen atoms in total. The number of anilines is 1. The van der Waals surface area contributed by atoms with Crippen LogP contribution in [0.1, 0.15) is 44.1 Å². The average Bonchev–Trinajstić information content (AvgIpc) is 3.29. The molecule has 0 radical (unpaired) electrons. The molecule has 8 rings (SSSR count). The molecule has 0 spiro atoms. The highest BCUT2D eigenvalue weighted by atomic mass is 35.5. The number of methoxy groups -OCH3 is 1. The van der Waals surface area contributed by atoms with Crippen LogP contribution < -0.4 is 15.1 Å². The highest BCUT2D eigenvalue weighted by Crippen LogP contribution is 2.63. The molecule has 3 amide bonds. The lowest BCUT2D eigenvalue weighted by Gasteiger charge is -2.52. The third kappa shape index (κ3) is 3.59. The maximum absolute atomic E-state index is 14.4. The quantitative estimate of drug-likeness (QED) is 0.190. The Morgan fingerprint density at radius 2 is 1.62 bits per heavy atom. The molecular weight excluding hydrogens is 550 g/mol. The van der Waals surface area contributed by atoms with Gasteiger partial charge in [0.05, 0.1) is 30.0 Å². The van der Waals surface area contributed by atoms with Crippen LogP contribution in [0.4, 0.5) is 5.69 Å². The van der Waals surface area contributed by atoms with Crippen LogP contribution in [0.25, 0.3) is 0 Å². The number of rotatable bonds is 5. The van der Waals surface area contributed by atoms with Crippen molar-refractivity contribution in [1.82, 2.24) is 5.43 Å². The number of carbonyl (C=O) groups is 3. The van der Waals surface area contributed by atoms with Crippen LogP contribution in [0.3, 0.4) is 0 Å². The fourth-order valence-electron chi connectivity index (χ4n) is 7.05. The van der Waals surface area contributed by atoms with Crippen molar-refractivity contribution in [2.75, 3.05) is 12.0 Å². The predicted octanol–water partition coefficient (Wildman–Crippen LogP) is 5.62. The van der Waals surface area contributed by atoms with E-state index in [0.717, 1.165) is 27.8 Å². The van der Waals surface area contributed by atoms with Gasteiger partial charge in [-0.05, 0) is 65.1 Å². The van der Waals surface area contributed by atoms with Crippen molar-refractivity contribution in [3.8, 4) is 5.75 Å². The molecule has 208 valence electrons. The summed E-state index contributed by atoms with van der Waals surface area (Å²) in [6, 6.07) is 27.8. The van der Waals surface area contributed by atoms with Gasteiger partial charge in [0.15, 0.2) is 0 Å². The summed E-state index contributed by atoms with van der Waals surface area (Å²) >= 11 is 6.43. The van der Waals surface area contributed by atoms with Crippen molar-refractivity contribution in [3.05, 3.63) is 129 Å². The summed E-state index contributed by atoms with van der Waals surface area (Å²) in [5.41, 5.74) is 6.99. The minimum atomic E-state index is -1.09. The molecule has 2 bridgehead atoms. The summed E-state index contributed by atoms with van der Waals surface area (Å²) in [6.45, 7) is 1.87. The molecule has 0 aromatic heterocycles. The topological polar surface area (TPSA) is 88.1 Å². The molecular formula is C34H26ClN3O4. The predicted molar refractivity (Wildman–Crippen MR) is 160 cm³/mol. The molecule has 3 aliphatic carbocycles. The van der Waals surface area contributed by atoms with Crippen molar-refractivity contribution in [1.29, 1.82) is 0 Å². The second-order valence-corrected chi connectivity index (χ2v) is 11.3. The summed E-state index contributed by atoms with van der Waals surface area (Å²) in [5.74, 6) is -2.17. The van der Waals surface area contributed by atoms with E-state index in [2.05, 4.69) is 10.5 Å². The van der Waals surface area contributed by atoms with Gasteiger partial charge in [-0.1, -0.05) is 72.3 Å². The van der Waals surface area contributed by atoms with Gasteiger partial charge >= 0.3 is 0 Å². The Bertz CT molecular complexity index is 1790. The number of ether oxygens (including phenoxy) is 1. The van der Waals surface area contributed by atoms with Crippen molar-refractivity contribution >= 4 is 41.2 Å². The number of hydrogen-bond donors (Lipinski definition) is 1. The summed E-state index contributed by atoms with van der Waals surface area (Å²) in [6.07, 6.45) is 1.65. The van der Waals surface area contributed by atoms with Gasteiger partial charge in [-0.15, -0.1) is 0 Å². The first kappa shape index (κ1) is 26.2. The van der Waals surface area contributed by atoms with Gasteiger partial charge < -0.3 is 4.74 Å². The first-order valence-electron chi connectivity index (χ1n) is 13.7. The first-order chi connectivity index (χ1) is 20.4. The molecule has 4 aromatic rings. The number of nitrogens with one attached hydrogen (secondary N) is 1. The Labute approximate surface area is 247 Å². The standard InChI is InChI=1S/C34H26ClN3O4/c1-19-14-15-21(17-27(19)35)38-32(40)29-28-23-10-3-5-12-25(23)34(30(29)33(38)41,26-13-6-4-11-24(26)28)18-36-37-31(39)20-8-7-9-22(16-20)42-2/h3-18,28-30H,1-2H3,(H,37,39)/b36-18-/t28?,29-,30+,34?/m0/s1. The number of nitrogens with zero attached hydrogens (tertiary/aromatic N) is 2. The van der Waals surface area contributed by atoms with Crippen LogP contribution in [0.5, 0.6) is 5.75 Å². The largest absolute Gasteiger partial charge is 0.497 e. The van der Waals surface area contributed by atoms with E-state index in [0.29, 0.717) is 22.0 Å². The van der Waals surface area contributed by atoms with Gasteiger partial charge in [-0.3, -0.25) is 14.4 Å². The van der Waals surface area contributed by atoms with Crippen LogP contribution >= 0.6 is 11.6 Å². The highest BCUT2D eigenvalue weighted by Gasteiger charge is 2.68. The molecule has 0 saturated carbocycles. The van der Waals surface area contributed by atoms with E-state index >= 15 is 0 Å². The smallest absolute Gasteiger partial charge is 0.271 e. The van der Waals surface area contributed by atoms with Gasteiger partial charge in [0.1, 0.15) is 5.75 Å². The number of halogens is 1. The van der Waals surface area contributed by atoms with Crippen molar-refractivity contribution in [2.24, 2.45) is 16.9 Å². The Hall–Kier alpha value is -4.75. The summed E-state index contributed by atoms with van der Waals surface area (Å²) in [7, 11) is 1.53. The number of amides is 3. The van der Waals surface area contributed by atoms with Crippen molar-refractivity contribution < 1.29 is 19.1 Å². The Morgan fingerprint density at radius 1 is 0.929 bits per heavy atom. The zero-order valence-corrected chi connectivity index (χ0v) is 23.6. The minimum absolute atomic E-state index is 0.267. The molecule has 1 heterocycles. The maximum Gasteiger partial charge on any atom is 0.271 e. The van der Waals surface area contributed by atoms with E-state index in [-0.39, 0.29) is 17.7 Å². The van der Waals surface area contributed by atoms with E-state index in [1.54, 1.807) is 42.6 Å². The van der Waals surface area contributed by atoms with Crippen LogP contribution in [0.15, 0.2) is 96.1 Å². The normalized spacial score (nSPS) is 23.5. The Balaban J connectivity index is 1.38. The van der Waals surface area contributed by atoms with E-state index < -0.39 is 23.2 Å². The van der Waals surface area contributed by atoms with E-state index in [4.69, 9.17) is 16.3 Å². The average molecular weight is 576 g/mol. The Morgan fingerprint density at radius 3 is 2.29 bits per heavy atom. The highest BCUT2D eigenvalue weighted by molar-refractivity contribution is 6.32. The third-order valence-electron chi connectivity index (χ3n) is 8.86. The van der Waals surface area contributed by atoms with Crippen LogP contribution in [-0.2, 0) is 15.0 Å². The van der Waals surface area contributed by atoms with Gasteiger partial charge in [0.2, 0.25) is 11.8 Å². The summed E-state index contributed by atoms with van der Waals surface area (Å²) in [4.78, 5) is 43.1. The van der Waals surface area contributed by atoms with E-state index in [1.165, 1.54) is 12.0 Å². The fraction of sp³-hybridized carbons (Fsp3) is 0.176. The number of hydrazone groups is 1. The Kier molecular flexibility index (Phi) is 6.02. The van der Waals surface area contributed by atoms with Gasteiger partial charge in [0, 0.05) is 22.7 Å². The lowest BCUT2D eigenvalue weighted by molar-refractivity contribution is -0.122. The van der Waals surface area contributed by atoms with Gasteiger partial charge in [-0.2, -0.15) is 5.10 Å². The molecule has 42 heavy (non-hydrogen) atoms. The monoisotopic (exact) mass is 575 g/mol. The third-order valence-corrected chi connectivity index (χ3v) is 9.27. The lowest BCUT2D eigenvalue weighted by Crippen LogP contribution is -2.54. The number of carbonyl (C=O) groups excluding carboxylic acids is 3. The minimum Gasteiger partial charge on any atom is -0.497 e. The van der Waals surface area contributed by atoms with E-state index in [1.807, 2.05) is 61.5 Å². The fourth-order valence-corrected chi connectivity index (χ4v) is 7.22.